The van der Waals surface area contributed by atoms with Gasteiger partial charge in [0.05, 0.1) is 11.1 Å². The van der Waals surface area contributed by atoms with Crippen LogP contribution in [0.4, 0.5) is 5.69 Å². The zero-order valence-corrected chi connectivity index (χ0v) is 15.6. The number of hydrogen-bond acceptors (Lipinski definition) is 7. The molecule has 3 aliphatic heterocycles. The van der Waals surface area contributed by atoms with Gasteiger partial charge in [0.2, 0.25) is 11.8 Å². The molecule has 28 heavy (non-hydrogen) atoms. The molecule has 0 saturated carbocycles. The Hall–Kier alpha value is -2.78. The SMILES string of the molecule is COC(OC)C1CN(c2ccc3c(c2)C(=O)N(C2CCC(=O)NC2=O)C3=O)C1. The molecule has 1 N–H and O–H groups in total. The van der Waals surface area contributed by atoms with Crippen molar-refractivity contribution >= 4 is 29.3 Å². The predicted octanol–water partition coefficient (Wildman–Crippen LogP) is 0.143. The van der Waals surface area contributed by atoms with Crippen LogP contribution in [0.15, 0.2) is 18.2 Å². The maximum atomic E-state index is 12.9. The average molecular weight is 387 g/mol. The Kier molecular flexibility index (Phi) is 4.64. The summed E-state index contributed by atoms with van der Waals surface area (Å²) in [7, 11) is 3.19. The number of ether oxygens (including phenoxy) is 2. The molecule has 1 aromatic rings. The predicted molar refractivity (Wildman–Crippen MR) is 96.6 cm³/mol. The average Bonchev–Trinajstić information content (AvgIpc) is 2.88. The summed E-state index contributed by atoms with van der Waals surface area (Å²) in [6, 6.07) is 4.15. The molecule has 9 nitrogen and oxygen atoms in total. The number of hydrogen-bond donors (Lipinski definition) is 1. The molecule has 3 heterocycles. The van der Waals surface area contributed by atoms with Crippen molar-refractivity contribution in [2.75, 3.05) is 32.2 Å². The van der Waals surface area contributed by atoms with E-state index in [1.807, 2.05) is 0 Å². The summed E-state index contributed by atoms with van der Waals surface area (Å²) in [6.07, 6.45) is -0.0340. The van der Waals surface area contributed by atoms with E-state index in [0.717, 1.165) is 10.6 Å². The number of nitrogens with one attached hydrogen (secondary N) is 1. The number of piperidine rings is 1. The second-order valence-corrected chi connectivity index (χ2v) is 7.18. The molecule has 0 radical (unpaired) electrons. The summed E-state index contributed by atoms with van der Waals surface area (Å²) in [6.45, 7) is 1.42. The summed E-state index contributed by atoms with van der Waals surface area (Å²) in [5, 5.41) is 2.19. The Morgan fingerprint density at radius 2 is 1.71 bits per heavy atom. The van der Waals surface area contributed by atoms with E-state index in [4.69, 9.17) is 9.47 Å². The first-order chi connectivity index (χ1) is 13.4. The molecule has 1 aromatic carbocycles. The lowest BCUT2D eigenvalue weighted by atomic mass is 9.97. The molecular weight excluding hydrogens is 366 g/mol. The summed E-state index contributed by atoms with van der Waals surface area (Å²) in [5.74, 6) is -1.78. The summed E-state index contributed by atoms with van der Waals surface area (Å²) < 4.78 is 10.6. The number of anilines is 1. The molecule has 2 saturated heterocycles. The van der Waals surface area contributed by atoms with Crippen LogP contribution in [0.3, 0.4) is 0 Å². The van der Waals surface area contributed by atoms with E-state index in [2.05, 4.69) is 10.2 Å². The molecule has 1 atom stereocenters. The largest absolute Gasteiger partial charge is 0.370 e. The van der Waals surface area contributed by atoms with Gasteiger partial charge in [0.15, 0.2) is 6.29 Å². The normalized spacial score (nSPS) is 22.6. The van der Waals surface area contributed by atoms with Gasteiger partial charge in [-0.25, -0.2) is 0 Å². The highest BCUT2D eigenvalue weighted by atomic mass is 16.7. The third kappa shape index (κ3) is 2.87. The van der Waals surface area contributed by atoms with E-state index in [0.29, 0.717) is 13.1 Å². The lowest BCUT2D eigenvalue weighted by Gasteiger charge is -2.43. The fourth-order valence-corrected chi connectivity index (χ4v) is 4.03. The van der Waals surface area contributed by atoms with Gasteiger partial charge in [0.1, 0.15) is 6.04 Å². The molecule has 4 rings (SSSR count). The number of imide groups is 2. The van der Waals surface area contributed by atoms with E-state index in [1.165, 1.54) is 0 Å². The van der Waals surface area contributed by atoms with E-state index >= 15 is 0 Å². The maximum Gasteiger partial charge on any atom is 0.262 e. The first-order valence-electron chi connectivity index (χ1n) is 9.10. The summed E-state index contributed by atoms with van der Waals surface area (Å²) in [5.41, 5.74) is 1.39. The number of fused-ring (bicyclic) bond motifs is 1. The Morgan fingerprint density at radius 1 is 1.04 bits per heavy atom. The molecule has 2 fully saturated rings. The van der Waals surface area contributed by atoms with Crippen LogP contribution in [0.2, 0.25) is 0 Å². The van der Waals surface area contributed by atoms with Gasteiger partial charge in [-0.3, -0.25) is 29.4 Å². The van der Waals surface area contributed by atoms with E-state index in [9.17, 15) is 19.2 Å². The second-order valence-electron chi connectivity index (χ2n) is 7.18. The lowest BCUT2D eigenvalue weighted by Crippen LogP contribution is -2.54. The molecule has 0 aliphatic carbocycles. The second kappa shape index (κ2) is 6.99. The van der Waals surface area contributed by atoms with Crippen molar-refractivity contribution in [3.63, 3.8) is 0 Å². The minimum atomic E-state index is -0.953. The van der Waals surface area contributed by atoms with Gasteiger partial charge in [-0.1, -0.05) is 0 Å². The van der Waals surface area contributed by atoms with E-state index in [1.54, 1.807) is 32.4 Å². The smallest absolute Gasteiger partial charge is 0.262 e. The standard InChI is InChI=1S/C19H21N3O6/c1-27-19(28-2)10-8-21(9-10)11-3-4-12-13(7-11)18(26)22(17(12)25)14-5-6-15(23)20-16(14)24/h3-4,7,10,14,19H,5-6,8-9H2,1-2H3,(H,20,23,24). The molecule has 0 spiro atoms. The van der Waals surface area contributed by atoms with Gasteiger partial charge in [-0.2, -0.15) is 0 Å². The highest BCUT2D eigenvalue weighted by molar-refractivity contribution is 6.23. The number of carbonyl (C=O) groups excluding carboxylic acids is 4. The van der Waals surface area contributed by atoms with Crippen LogP contribution < -0.4 is 10.2 Å². The third-order valence-corrected chi connectivity index (χ3v) is 5.55. The molecule has 3 aliphatic rings. The first-order valence-corrected chi connectivity index (χ1v) is 9.10. The van der Waals surface area contributed by atoms with E-state index < -0.39 is 29.7 Å². The van der Waals surface area contributed by atoms with Crippen LogP contribution in [0.1, 0.15) is 33.6 Å². The molecule has 0 bridgehead atoms. The third-order valence-electron chi connectivity index (χ3n) is 5.55. The number of benzene rings is 1. The van der Waals surface area contributed by atoms with Crippen LogP contribution in [-0.4, -0.2) is 68.2 Å². The topological polar surface area (TPSA) is 105 Å². The Labute approximate surface area is 161 Å². The van der Waals surface area contributed by atoms with Gasteiger partial charge < -0.3 is 14.4 Å². The number of nitrogens with zero attached hydrogens (tertiary/aromatic N) is 2. The zero-order chi connectivity index (χ0) is 20.0. The molecule has 1 unspecified atom stereocenters. The number of carbonyl (C=O) groups is 4. The zero-order valence-electron chi connectivity index (χ0n) is 15.6. The monoisotopic (exact) mass is 387 g/mol. The first kappa shape index (κ1) is 18.6. The summed E-state index contributed by atoms with van der Waals surface area (Å²) >= 11 is 0. The van der Waals surface area contributed by atoms with Crippen LogP contribution >= 0.6 is 0 Å². The maximum absolute atomic E-state index is 12.9. The molecular formula is C19H21N3O6. The minimum Gasteiger partial charge on any atom is -0.370 e. The van der Waals surface area contributed by atoms with Crippen molar-refractivity contribution in [2.45, 2.75) is 25.2 Å². The van der Waals surface area contributed by atoms with Crippen LogP contribution in [0.25, 0.3) is 0 Å². The Bertz CT molecular complexity index is 859. The lowest BCUT2D eigenvalue weighted by molar-refractivity contribution is -0.142. The highest BCUT2D eigenvalue weighted by Gasteiger charge is 2.45. The molecule has 4 amide bonds. The quantitative estimate of drug-likeness (QED) is 0.566. The van der Waals surface area contributed by atoms with Gasteiger partial charge in [-0.05, 0) is 24.6 Å². The van der Waals surface area contributed by atoms with Crippen molar-refractivity contribution < 1.29 is 28.7 Å². The van der Waals surface area contributed by atoms with E-state index in [-0.39, 0.29) is 36.2 Å². The van der Waals surface area contributed by atoms with Crippen LogP contribution in [0.5, 0.6) is 0 Å². The Balaban J connectivity index is 1.52. The van der Waals surface area contributed by atoms with Crippen molar-refractivity contribution in [1.29, 1.82) is 0 Å². The van der Waals surface area contributed by atoms with Crippen molar-refractivity contribution in [1.82, 2.24) is 10.2 Å². The van der Waals surface area contributed by atoms with Crippen molar-refractivity contribution in [3.8, 4) is 0 Å². The summed E-state index contributed by atoms with van der Waals surface area (Å²) in [4.78, 5) is 52.1. The van der Waals surface area contributed by atoms with Crippen LogP contribution in [0, 0.1) is 5.92 Å². The molecule has 148 valence electrons. The van der Waals surface area contributed by atoms with Crippen molar-refractivity contribution in [2.24, 2.45) is 5.92 Å². The number of amides is 4. The number of rotatable bonds is 5. The molecule has 9 heteroatoms. The minimum absolute atomic E-state index is 0.102. The fourth-order valence-electron chi connectivity index (χ4n) is 4.03. The number of methoxy groups -OCH3 is 2. The van der Waals surface area contributed by atoms with Crippen molar-refractivity contribution in [3.05, 3.63) is 29.3 Å². The molecule has 0 aromatic heterocycles. The highest BCUT2D eigenvalue weighted by Crippen LogP contribution is 2.33. The fraction of sp³-hybridized carbons (Fsp3) is 0.474. The van der Waals surface area contributed by atoms with Gasteiger partial charge in [0, 0.05) is 45.3 Å². The Morgan fingerprint density at radius 3 is 2.36 bits per heavy atom. The van der Waals surface area contributed by atoms with Gasteiger partial charge in [0.25, 0.3) is 11.8 Å². The van der Waals surface area contributed by atoms with Gasteiger partial charge in [-0.15, -0.1) is 0 Å². The van der Waals surface area contributed by atoms with Crippen LogP contribution in [-0.2, 0) is 19.1 Å². The van der Waals surface area contributed by atoms with Gasteiger partial charge >= 0.3 is 0 Å².